The normalized spacial score (nSPS) is 13.8. The zero-order chi connectivity index (χ0) is 22.1. The summed E-state index contributed by atoms with van der Waals surface area (Å²) in [7, 11) is 5.08. The molecule has 0 atom stereocenters. The molecule has 1 N–H and O–H groups in total. The summed E-state index contributed by atoms with van der Waals surface area (Å²) in [5.74, 6) is -0.548. The van der Waals surface area contributed by atoms with Gasteiger partial charge in [0.25, 0.3) is 5.56 Å². The third-order valence-corrected chi connectivity index (χ3v) is 7.29. The van der Waals surface area contributed by atoms with Crippen LogP contribution in [0.1, 0.15) is 20.8 Å². The number of hydrogen-bond acceptors (Lipinski definition) is 8. The Morgan fingerprint density at radius 1 is 1.26 bits per heavy atom. The number of carbonyl (C=O) groups is 2. The highest BCUT2D eigenvalue weighted by Crippen LogP contribution is 2.33. The van der Waals surface area contributed by atoms with E-state index in [4.69, 9.17) is 0 Å². The molecular formula is C21H22N4O4S2. The van der Waals surface area contributed by atoms with Gasteiger partial charge in [0.1, 0.15) is 4.83 Å². The monoisotopic (exact) mass is 458 g/mol. The van der Waals surface area contributed by atoms with Crippen molar-refractivity contribution < 1.29 is 14.3 Å². The van der Waals surface area contributed by atoms with Gasteiger partial charge in [0.05, 0.1) is 23.8 Å². The maximum Gasteiger partial charge on any atom is 0.337 e. The fraction of sp³-hybridized carbons (Fsp3) is 0.333. The number of benzene rings is 1. The second kappa shape index (κ2) is 8.81. The van der Waals surface area contributed by atoms with Crippen molar-refractivity contribution >= 4 is 50.9 Å². The summed E-state index contributed by atoms with van der Waals surface area (Å²) in [5.41, 5.74) is 2.04. The fourth-order valence-electron chi connectivity index (χ4n) is 3.50. The predicted molar refractivity (Wildman–Crippen MR) is 122 cm³/mol. The predicted octanol–water partition coefficient (Wildman–Crippen LogP) is 2.50. The second-order valence-corrected chi connectivity index (χ2v) is 9.36. The standard InChI is InChI=1S/C21H22N4O4S2/c1-24-9-8-14-15(10-24)31-18-17(14)19(27)25(2)21(23-18)30-11-16(26)22-13-6-4-12(5-7-13)20(28)29-3/h4-7H,8-11H2,1-3H3,(H,22,26). The zero-order valence-corrected chi connectivity index (χ0v) is 19.1. The largest absolute Gasteiger partial charge is 0.465 e. The molecular weight excluding hydrogens is 436 g/mol. The van der Waals surface area contributed by atoms with Crippen LogP contribution in [0.3, 0.4) is 0 Å². The molecule has 0 aliphatic carbocycles. The van der Waals surface area contributed by atoms with E-state index >= 15 is 0 Å². The lowest BCUT2D eigenvalue weighted by atomic mass is 10.1. The highest BCUT2D eigenvalue weighted by Gasteiger charge is 2.23. The Morgan fingerprint density at radius 3 is 2.71 bits per heavy atom. The number of hydrogen-bond donors (Lipinski definition) is 1. The number of carbonyl (C=O) groups excluding carboxylic acids is 2. The number of nitrogens with zero attached hydrogens (tertiary/aromatic N) is 3. The van der Waals surface area contributed by atoms with Gasteiger partial charge in [-0.15, -0.1) is 11.3 Å². The van der Waals surface area contributed by atoms with E-state index in [0.717, 1.165) is 35.3 Å². The van der Waals surface area contributed by atoms with Crippen LogP contribution in [0.25, 0.3) is 10.2 Å². The van der Waals surface area contributed by atoms with Crippen molar-refractivity contribution in [3.8, 4) is 0 Å². The van der Waals surface area contributed by atoms with Crippen molar-refractivity contribution in [3.05, 3.63) is 50.6 Å². The van der Waals surface area contributed by atoms with Crippen LogP contribution in [0, 0.1) is 0 Å². The van der Waals surface area contributed by atoms with Gasteiger partial charge in [0.2, 0.25) is 5.91 Å². The minimum atomic E-state index is -0.433. The number of anilines is 1. The van der Waals surface area contributed by atoms with E-state index in [0.29, 0.717) is 16.4 Å². The molecule has 4 rings (SSSR count). The highest BCUT2D eigenvalue weighted by molar-refractivity contribution is 7.99. The number of nitrogens with one attached hydrogen (secondary N) is 1. The molecule has 0 radical (unpaired) electrons. The molecule has 0 unspecified atom stereocenters. The van der Waals surface area contributed by atoms with Gasteiger partial charge in [-0.2, -0.15) is 0 Å². The van der Waals surface area contributed by atoms with Crippen molar-refractivity contribution in [2.45, 2.75) is 18.1 Å². The zero-order valence-electron chi connectivity index (χ0n) is 17.4. The van der Waals surface area contributed by atoms with Gasteiger partial charge in [-0.1, -0.05) is 11.8 Å². The van der Waals surface area contributed by atoms with Gasteiger partial charge in [-0.3, -0.25) is 14.2 Å². The molecule has 8 nitrogen and oxygen atoms in total. The van der Waals surface area contributed by atoms with Gasteiger partial charge in [-0.05, 0) is 43.3 Å². The molecule has 10 heteroatoms. The average Bonchev–Trinajstić information content (AvgIpc) is 3.12. The van der Waals surface area contributed by atoms with Gasteiger partial charge in [0, 0.05) is 30.7 Å². The number of likely N-dealkylation sites (N-methyl/N-ethyl adjacent to an activating group) is 1. The average molecular weight is 459 g/mol. The molecule has 0 saturated carbocycles. The van der Waals surface area contributed by atoms with Crippen LogP contribution < -0.4 is 10.9 Å². The lowest BCUT2D eigenvalue weighted by Gasteiger charge is -2.21. The summed E-state index contributed by atoms with van der Waals surface area (Å²) in [6.45, 7) is 1.76. The maximum atomic E-state index is 13.0. The third kappa shape index (κ3) is 4.36. The summed E-state index contributed by atoms with van der Waals surface area (Å²) in [6.07, 6.45) is 0.854. The Labute approximate surface area is 187 Å². The number of esters is 1. The number of methoxy groups -OCH3 is 1. The molecule has 1 aliphatic heterocycles. The molecule has 3 aromatic rings. The first-order chi connectivity index (χ1) is 14.9. The molecule has 1 aromatic carbocycles. The summed E-state index contributed by atoms with van der Waals surface area (Å²) < 4.78 is 6.19. The molecule has 3 heterocycles. The van der Waals surface area contributed by atoms with E-state index in [2.05, 4.69) is 27.0 Å². The van der Waals surface area contributed by atoms with Crippen molar-refractivity contribution in [2.75, 3.05) is 31.8 Å². The molecule has 0 spiro atoms. The number of thioether (sulfide) groups is 1. The molecule has 31 heavy (non-hydrogen) atoms. The van der Waals surface area contributed by atoms with E-state index in [1.54, 1.807) is 42.6 Å². The molecule has 162 valence electrons. The smallest absolute Gasteiger partial charge is 0.337 e. The number of ether oxygens (including phenoxy) is 1. The van der Waals surface area contributed by atoms with E-state index in [1.807, 2.05) is 0 Å². The van der Waals surface area contributed by atoms with Crippen LogP contribution >= 0.6 is 23.1 Å². The summed E-state index contributed by atoms with van der Waals surface area (Å²) in [4.78, 5) is 45.7. The van der Waals surface area contributed by atoms with Crippen molar-refractivity contribution in [2.24, 2.45) is 7.05 Å². The van der Waals surface area contributed by atoms with Gasteiger partial charge in [-0.25, -0.2) is 9.78 Å². The number of aromatic nitrogens is 2. The number of fused-ring (bicyclic) bond motifs is 3. The Balaban J connectivity index is 1.47. The number of thiophene rings is 1. The Kier molecular flexibility index (Phi) is 6.12. The second-order valence-electron chi connectivity index (χ2n) is 7.34. The molecule has 1 amide bonds. The van der Waals surface area contributed by atoms with Crippen molar-refractivity contribution in [1.29, 1.82) is 0 Å². The summed E-state index contributed by atoms with van der Waals surface area (Å²) >= 11 is 2.79. The van der Waals surface area contributed by atoms with E-state index in [9.17, 15) is 14.4 Å². The quantitative estimate of drug-likeness (QED) is 0.357. The SMILES string of the molecule is COC(=O)c1ccc(NC(=O)CSc2nc3sc4c(c3c(=O)n2C)CCN(C)C4)cc1. The van der Waals surface area contributed by atoms with E-state index < -0.39 is 5.97 Å². The van der Waals surface area contributed by atoms with Crippen molar-refractivity contribution in [1.82, 2.24) is 14.5 Å². The minimum absolute atomic E-state index is 0.0617. The van der Waals surface area contributed by atoms with Gasteiger partial charge < -0.3 is 15.0 Å². The van der Waals surface area contributed by atoms with Crippen LogP contribution in [0.5, 0.6) is 0 Å². The first kappa shape index (κ1) is 21.5. The van der Waals surface area contributed by atoms with Gasteiger partial charge >= 0.3 is 5.97 Å². The molecule has 0 saturated heterocycles. The topological polar surface area (TPSA) is 93.5 Å². The minimum Gasteiger partial charge on any atom is -0.465 e. The van der Waals surface area contributed by atoms with Crippen LogP contribution in [0.4, 0.5) is 5.69 Å². The maximum absolute atomic E-state index is 13.0. The summed E-state index contributed by atoms with van der Waals surface area (Å²) in [6, 6.07) is 6.46. The van der Waals surface area contributed by atoms with E-state index in [1.165, 1.54) is 28.3 Å². The van der Waals surface area contributed by atoms with Crippen molar-refractivity contribution in [3.63, 3.8) is 0 Å². The number of rotatable bonds is 5. The van der Waals surface area contributed by atoms with Crippen LogP contribution in [0.15, 0.2) is 34.2 Å². The first-order valence-electron chi connectivity index (χ1n) is 9.68. The van der Waals surface area contributed by atoms with Crippen LogP contribution in [0.2, 0.25) is 0 Å². The van der Waals surface area contributed by atoms with Crippen LogP contribution in [-0.2, 0) is 29.5 Å². The number of amides is 1. The fourth-order valence-corrected chi connectivity index (χ4v) is 5.61. The third-order valence-electron chi connectivity index (χ3n) is 5.15. The lowest BCUT2D eigenvalue weighted by molar-refractivity contribution is -0.113. The lowest BCUT2D eigenvalue weighted by Crippen LogP contribution is -2.27. The van der Waals surface area contributed by atoms with Gasteiger partial charge in [0.15, 0.2) is 5.16 Å². The Morgan fingerprint density at radius 2 is 2.00 bits per heavy atom. The Hall–Kier alpha value is -2.69. The summed E-state index contributed by atoms with van der Waals surface area (Å²) in [5, 5.41) is 4.01. The molecule has 0 bridgehead atoms. The molecule has 0 fully saturated rings. The Bertz CT molecular complexity index is 1220. The highest BCUT2D eigenvalue weighted by atomic mass is 32.2. The van der Waals surface area contributed by atoms with E-state index in [-0.39, 0.29) is 17.2 Å². The first-order valence-corrected chi connectivity index (χ1v) is 11.5. The molecule has 1 aliphatic rings. The molecule has 2 aromatic heterocycles. The van der Waals surface area contributed by atoms with Crippen LogP contribution in [-0.4, -0.2) is 52.8 Å².